The number of thiazole rings is 1. The Morgan fingerprint density at radius 2 is 2.05 bits per heavy atom. The molecule has 0 spiro atoms. The SMILES string of the molecule is Cc1ccc2sc(N3CCN(C(C)CN)CC3)nc2c1. The van der Waals surface area contributed by atoms with Crippen LogP contribution in [0.25, 0.3) is 10.2 Å². The summed E-state index contributed by atoms with van der Waals surface area (Å²) in [6, 6.07) is 6.99. The molecule has 1 aliphatic rings. The fourth-order valence-electron chi connectivity index (χ4n) is 2.66. The van der Waals surface area contributed by atoms with Crippen molar-refractivity contribution in [2.45, 2.75) is 19.9 Å². The van der Waals surface area contributed by atoms with Gasteiger partial charge in [-0.1, -0.05) is 17.4 Å². The van der Waals surface area contributed by atoms with Gasteiger partial charge in [-0.3, -0.25) is 4.90 Å². The van der Waals surface area contributed by atoms with Crippen molar-refractivity contribution in [1.29, 1.82) is 0 Å². The molecule has 20 heavy (non-hydrogen) atoms. The number of benzene rings is 1. The Labute approximate surface area is 124 Å². The van der Waals surface area contributed by atoms with Crippen molar-refractivity contribution in [2.24, 2.45) is 5.73 Å². The van der Waals surface area contributed by atoms with Crippen molar-refractivity contribution >= 4 is 26.7 Å². The van der Waals surface area contributed by atoms with Gasteiger partial charge in [-0.25, -0.2) is 4.98 Å². The lowest BCUT2D eigenvalue weighted by Crippen LogP contribution is -2.51. The molecule has 1 saturated heterocycles. The molecule has 108 valence electrons. The lowest BCUT2D eigenvalue weighted by molar-refractivity contribution is 0.201. The Morgan fingerprint density at radius 1 is 1.30 bits per heavy atom. The van der Waals surface area contributed by atoms with E-state index in [1.807, 2.05) is 0 Å². The number of hydrogen-bond donors (Lipinski definition) is 1. The van der Waals surface area contributed by atoms with Crippen LogP contribution < -0.4 is 10.6 Å². The van der Waals surface area contributed by atoms with E-state index in [4.69, 9.17) is 10.7 Å². The largest absolute Gasteiger partial charge is 0.345 e. The van der Waals surface area contributed by atoms with Crippen LogP contribution in [0.3, 0.4) is 0 Å². The minimum atomic E-state index is 0.482. The maximum atomic E-state index is 5.75. The summed E-state index contributed by atoms with van der Waals surface area (Å²) in [4.78, 5) is 9.66. The van der Waals surface area contributed by atoms with Gasteiger partial charge in [-0.05, 0) is 31.5 Å². The Kier molecular flexibility index (Phi) is 3.92. The summed E-state index contributed by atoms with van der Waals surface area (Å²) in [7, 11) is 0. The maximum Gasteiger partial charge on any atom is 0.186 e. The number of rotatable bonds is 3. The van der Waals surface area contributed by atoms with E-state index in [-0.39, 0.29) is 0 Å². The molecular weight excluding hydrogens is 268 g/mol. The molecule has 5 heteroatoms. The first-order valence-electron chi connectivity index (χ1n) is 7.23. The highest BCUT2D eigenvalue weighted by atomic mass is 32.1. The molecular formula is C15H22N4S. The van der Waals surface area contributed by atoms with Crippen LogP contribution in [0.4, 0.5) is 5.13 Å². The summed E-state index contributed by atoms with van der Waals surface area (Å²) in [5.74, 6) is 0. The highest BCUT2D eigenvalue weighted by Gasteiger charge is 2.22. The smallest absolute Gasteiger partial charge is 0.186 e. The van der Waals surface area contributed by atoms with Crippen LogP contribution in [0.5, 0.6) is 0 Å². The lowest BCUT2D eigenvalue weighted by Gasteiger charge is -2.37. The number of hydrogen-bond acceptors (Lipinski definition) is 5. The molecule has 1 unspecified atom stereocenters. The monoisotopic (exact) mass is 290 g/mol. The molecule has 2 N–H and O–H groups in total. The van der Waals surface area contributed by atoms with E-state index in [0.717, 1.165) is 43.4 Å². The molecule has 1 aromatic heterocycles. The van der Waals surface area contributed by atoms with Crippen molar-refractivity contribution < 1.29 is 0 Å². The summed E-state index contributed by atoms with van der Waals surface area (Å²) >= 11 is 1.80. The number of nitrogens with two attached hydrogens (primary N) is 1. The second-order valence-corrected chi connectivity index (χ2v) is 6.58. The standard InChI is InChI=1S/C15H22N4S/c1-11-3-4-14-13(9-11)17-15(20-14)19-7-5-18(6-8-19)12(2)10-16/h3-4,9,12H,5-8,10,16H2,1-2H3. The number of anilines is 1. The molecule has 0 aliphatic carbocycles. The quantitative estimate of drug-likeness (QED) is 0.940. The van der Waals surface area contributed by atoms with Gasteiger partial charge < -0.3 is 10.6 Å². The molecule has 0 amide bonds. The Balaban J connectivity index is 1.73. The highest BCUT2D eigenvalue weighted by Crippen LogP contribution is 2.30. The molecule has 1 aliphatic heterocycles. The van der Waals surface area contributed by atoms with Gasteiger partial charge in [0, 0.05) is 38.8 Å². The molecule has 1 atom stereocenters. The fraction of sp³-hybridized carbons (Fsp3) is 0.533. The summed E-state index contributed by atoms with van der Waals surface area (Å²) in [6.45, 7) is 9.30. The van der Waals surface area contributed by atoms with Crippen LogP contribution in [0.2, 0.25) is 0 Å². The number of piperazine rings is 1. The summed E-state index contributed by atoms with van der Waals surface area (Å²) in [5.41, 5.74) is 8.15. The highest BCUT2D eigenvalue weighted by molar-refractivity contribution is 7.22. The van der Waals surface area contributed by atoms with Crippen LogP contribution in [-0.4, -0.2) is 48.6 Å². The minimum Gasteiger partial charge on any atom is -0.345 e. The van der Waals surface area contributed by atoms with Crippen molar-refractivity contribution in [2.75, 3.05) is 37.6 Å². The van der Waals surface area contributed by atoms with Gasteiger partial charge in [0.25, 0.3) is 0 Å². The van der Waals surface area contributed by atoms with Crippen LogP contribution in [-0.2, 0) is 0 Å². The zero-order chi connectivity index (χ0) is 14.1. The first-order chi connectivity index (χ1) is 9.67. The van der Waals surface area contributed by atoms with Gasteiger partial charge in [0.15, 0.2) is 5.13 Å². The van der Waals surface area contributed by atoms with Crippen LogP contribution in [0.15, 0.2) is 18.2 Å². The molecule has 0 saturated carbocycles. The summed E-state index contributed by atoms with van der Waals surface area (Å²) < 4.78 is 1.28. The molecule has 0 bridgehead atoms. The molecule has 2 heterocycles. The van der Waals surface area contributed by atoms with Crippen LogP contribution >= 0.6 is 11.3 Å². The van der Waals surface area contributed by atoms with Gasteiger partial charge >= 0.3 is 0 Å². The third-order valence-corrected chi connectivity index (χ3v) is 5.18. The van der Waals surface area contributed by atoms with Crippen molar-refractivity contribution in [3.63, 3.8) is 0 Å². The number of aromatic nitrogens is 1. The van der Waals surface area contributed by atoms with Gasteiger partial charge in [0.05, 0.1) is 10.2 Å². The molecule has 3 rings (SSSR count). The molecule has 1 aromatic carbocycles. The fourth-order valence-corrected chi connectivity index (χ4v) is 3.66. The maximum absolute atomic E-state index is 5.75. The van der Waals surface area contributed by atoms with Gasteiger partial charge in [-0.15, -0.1) is 0 Å². The molecule has 4 nitrogen and oxygen atoms in total. The third-order valence-electron chi connectivity index (χ3n) is 4.08. The molecule has 0 radical (unpaired) electrons. The topological polar surface area (TPSA) is 45.4 Å². The first-order valence-corrected chi connectivity index (χ1v) is 8.05. The zero-order valence-electron chi connectivity index (χ0n) is 12.2. The van der Waals surface area contributed by atoms with E-state index >= 15 is 0 Å². The third kappa shape index (κ3) is 2.66. The van der Waals surface area contributed by atoms with E-state index in [0.29, 0.717) is 6.04 Å². The Hall–Kier alpha value is -1.17. The Bertz CT molecular complexity index is 587. The van der Waals surface area contributed by atoms with Gasteiger partial charge in [-0.2, -0.15) is 0 Å². The van der Waals surface area contributed by atoms with E-state index in [9.17, 15) is 0 Å². The lowest BCUT2D eigenvalue weighted by atomic mass is 10.2. The normalized spacial score (nSPS) is 18.6. The first kappa shape index (κ1) is 13.8. The van der Waals surface area contributed by atoms with Crippen molar-refractivity contribution in [1.82, 2.24) is 9.88 Å². The number of fused-ring (bicyclic) bond motifs is 1. The van der Waals surface area contributed by atoms with E-state index in [2.05, 4.69) is 41.8 Å². The average Bonchev–Trinajstić information content (AvgIpc) is 2.89. The second-order valence-electron chi connectivity index (χ2n) is 5.58. The van der Waals surface area contributed by atoms with Gasteiger partial charge in [0.1, 0.15) is 0 Å². The Morgan fingerprint density at radius 3 is 2.75 bits per heavy atom. The zero-order valence-corrected chi connectivity index (χ0v) is 13.0. The van der Waals surface area contributed by atoms with Crippen LogP contribution in [0, 0.1) is 6.92 Å². The van der Waals surface area contributed by atoms with Crippen molar-refractivity contribution in [3.05, 3.63) is 23.8 Å². The van der Waals surface area contributed by atoms with E-state index in [1.165, 1.54) is 10.3 Å². The van der Waals surface area contributed by atoms with Crippen molar-refractivity contribution in [3.8, 4) is 0 Å². The predicted octanol–water partition coefficient (Wildman–Crippen LogP) is 2.07. The molecule has 2 aromatic rings. The predicted molar refractivity (Wildman–Crippen MR) is 86.7 cm³/mol. The minimum absolute atomic E-state index is 0.482. The second kappa shape index (κ2) is 5.68. The van der Waals surface area contributed by atoms with E-state index < -0.39 is 0 Å². The summed E-state index contributed by atoms with van der Waals surface area (Å²) in [5, 5.41) is 1.16. The average molecular weight is 290 g/mol. The van der Waals surface area contributed by atoms with Crippen LogP contribution in [0.1, 0.15) is 12.5 Å². The number of nitrogens with zero attached hydrogens (tertiary/aromatic N) is 3. The van der Waals surface area contributed by atoms with Gasteiger partial charge in [0.2, 0.25) is 0 Å². The number of aryl methyl sites for hydroxylation is 1. The summed E-state index contributed by atoms with van der Waals surface area (Å²) in [6.07, 6.45) is 0. The van der Waals surface area contributed by atoms with E-state index in [1.54, 1.807) is 11.3 Å². The molecule has 1 fully saturated rings.